The minimum atomic E-state index is -0.612. The van der Waals surface area contributed by atoms with Crippen molar-refractivity contribution in [2.24, 2.45) is 0 Å². The Kier molecular flexibility index (Phi) is 4.20. The number of methoxy groups -OCH3 is 2. The maximum absolute atomic E-state index is 12.5. The summed E-state index contributed by atoms with van der Waals surface area (Å²) in [5, 5.41) is 12.1. The summed E-state index contributed by atoms with van der Waals surface area (Å²) in [4.78, 5) is 12.5. The zero-order valence-electron chi connectivity index (χ0n) is 15.0. The smallest absolute Gasteiger partial charge is 0.342 e. The standard InChI is InChI=1S/C22H18O5/c1-25-14-9-7-13(8-10-14)15-11-12-27-21-17-6-4-3-5-16(17)20(23)19(18(15)21)22(24)26-2/h3-11,23H,12H2,1-2H3. The van der Waals surface area contributed by atoms with Crippen LogP contribution in [-0.2, 0) is 4.74 Å². The van der Waals surface area contributed by atoms with Crippen LogP contribution in [0.3, 0.4) is 0 Å². The van der Waals surface area contributed by atoms with E-state index in [0.717, 1.165) is 22.3 Å². The van der Waals surface area contributed by atoms with Gasteiger partial charge in [-0.15, -0.1) is 0 Å². The van der Waals surface area contributed by atoms with Crippen molar-refractivity contribution in [3.05, 3.63) is 71.3 Å². The van der Waals surface area contributed by atoms with Crippen LogP contribution in [-0.4, -0.2) is 31.9 Å². The van der Waals surface area contributed by atoms with Crippen molar-refractivity contribution in [3.8, 4) is 17.2 Å². The minimum absolute atomic E-state index is 0.105. The second kappa shape index (κ2) is 6.68. The van der Waals surface area contributed by atoms with Gasteiger partial charge in [0.05, 0.1) is 14.2 Å². The van der Waals surface area contributed by atoms with Crippen LogP contribution in [0.2, 0.25) is 0 Å². The van der Waals surface area contributed by atoms with Crippen LogP contribution in [0.15, 0.2) is 54.6 Å². The van der Waals surface area contributed by atoms with Crippen molar-refractivity contribution in [1.29, 1.82) is 0 Å². The van der Waals surface area contributed by atoms with E-state index in [1.807, 2.05) is 42.5 Å². The highest BCUT2D eigenvalue weighted by Gasteiger charge is 2.30. The van der Waals surface area contributed by atoms with Crippen molar-refractivity contribution < 1.29 is 24.1 Å². The number of hydrogen-bond acceptors (Lipinski definition) is 5. The molecule has 4 rings (SSSR count). The van der Waals surface area contributed by atoms with Crippen molar-refractivity contribution in [2.75, 3.05) is 20.8 Å². The molecule has 3 aromatic carbocycles. The Labute approximate surface area is 156 Å². The minimum Gasteiger partial charge on any atom is -0.506 e. The van der Waals surface area contributed by atoms with Gasteiger partial charge in [0.1, 0.15) is 29.4 Å². The molecule has 1 heterocycles. The molecule has 5 heteroatoms. The van der Waals surface area contributed by atoms with Crippen LogP contribution in [0.5, 0.6) is 17.2 Å². The molecule has 0 bridgehead atoms. The number of fused-ring (bicyclic) bond motifs is 3. The molecular formula is C22H18O5. The number of benzene rings is 3. The second-order valence-electron chi connectivity index (χ2n) is 6.12. The van der Waals surface area contributed by atoms with Crippen molar-refractivity contribution in [2.45, 2.75) is 0 Å². The number of carbonyl (C=O) groups excluding carboxylic acids is 1. The fraction of sp³-hybridized carbons (Fsp3) is 0.136. The van der Waals surface area contributed by atoms with Crippen molar-refractivity contribution in [1.82, 2.24) is 0 Å². The van der Waals surface area contributed by atoms with Gasteiger partial charge in [0.25, 0.3) is 0 Å². The first-order valence-electron chi connectivity index (χ1n) is 8.49. The predicted molar refractivity (Wildman–Crippen MR) is 103 cm³/mol. The molecule has 0 aromatic heterocycles. The van der Waals surface area contributed by atoms with E-state index in [9.17, 15) is 9.90 Å². The molecule has 0 fully saturated rings. The van der Waals surface area contributed by atoms with Crippen LogP contribution >= 0.6 is 0 Å². The number of ether oxygens (including phenoxy) is 3. The summed E-state index contributed by atoms with van der Waals surface area (Å²) in [5.74, 6) is 0.582. The predicted octanol–water partition coefficient (Wildman–Crippen LogP) is 4.16. The molecule has 1 aliphatic rings. The highest BCUT2D eigenvalue weighted by atomic mass is 16.5. The summed E-state index contributed by atoms with van der Waals surface area (Å²) >= 11 is 0. The molecule has 0 saturated carbocycles. The summed E-state index contributed by atoms with van der Waals surface area (Å²) in [6, 6.07) is 14.8. The third kappa shape index (κ3) is 2.68. The molecule has 136 valence electrons. The Balaban J connectivity index is 2.04. The van der Waals surface area contributed by atoms with E-state index in [2.05, 4.69) is 0 Å². The quantitative estimate of drug-likeness (QED) is 0.709. The van der Waals surface area contributed by atoms with Gasteiger partial charge in [0.2, 0.25) is 0 Å². The number of hydrogen-bond donors (Lipinski definition) is 1. The normalized spacial score (nSPS) is 12.7. The lowest BCUT2D eigenvalue weighted by Crippen LogP contribution is -2.13. The molecule has 0 spiro atoms. The van der Waals surface area contributed by atoms with Gasteiger partial charge in [0, 0.05) is 16.3 Å². The SMILES string of the molecule is COC(=O)c1c2c(c3ccccc3c1O)OCC=C2c1ccc(OC)cc1. The molecule has 1 N–H and O–H groups in total. The Morgan fingerprint density at radius 2 is 1.74 bits per heavy atom. The number of phenols is 1. The maximum Gasteiger partial charge on any atom is 0.342 e. The first-order valence-corrected chi connectivity index (χ1v) is 8.49. The van der Waals surface area contributed by atoms with Crippen LogP contribution in [0.25, 0.3) is 16.3 Å². The molecule has 1 aliphatic heterocycles. The largest absolute Gasteiger partial charge is 0.506 e. The van der Waals surface area contributed by atoms with E-state index < -0.39 is 5.97 Å². The van der Waals surface area contributed by atoms with Crippen LogP contribution < -0.4 is 9.47 Å². The first kappa shape index (κ1) is 17.0. The van der Waals surface area contributed by atoms with E-state index in [-0.39, 0.29) is 11.3 Å². The van der Waals surface area contributed by atoms with E-state index in [4.69, 9.17) is 14.2 Å². The highest BCUT2D eigenvalue weighted by molar-refractivity contribution is 6.11. The van der Waals surface area contributed by atoms with Gasteiger partial charge in [0.15, 0.2) is 0 Å². The maximum atomic E-state index is 12.5. The van der Waals surface area contributed by atoms with E-state index in [1.54, 1.807) is 19.2 Å². The lowest BCUT2D eigenvalue weighted by Gasteiger charge is -2.24. The van der Waals surface area contributed by atoms with Gasteiger partial charge in [-0.05, 0) is 29.3 Å². The van der Waals surface area contributed by atoms with Crippen LogP contribution in [0.1, 0.15) is 21.5 Å². The second-order valence-corrected chi connectivity index (χ2v) is 6.12. The number of aromatic hydroxyl groups is 1. The molecule has 0 radical (unpaired) electrons. The molecule has 5 nitrogen and oxygen atoms in total. The summed E-state index contributed by atoms with van der Waals surface area (Å²) in [6.45, 7) is 0.365. The molecule has 0 unspecified atom stereocenters. The molecule has 0 amide bonds. The van der Waals surface area contributed by atoms with E-state index >= 15 is 0 Å². The summed E-state index contributed by atoms with van der Waals surface area (Å²) < 4.78 is 16.1. The van der Waals surface area contributed by atoms with Crippen LogP contribution in [0, 0.1) is 0 Å². The van der Waals surface area contributed by atoms with E-state index in [1.165, 1.54) is 7.11 Å². The Bertz CT molecular complexity index is 1060. The number of rotatable bonds is 3. The van der Waals surface area contributed by atoms with Gasteiger partial charge in [-0.1, -0.05) is 36.4 Å². The molecular weight excluding hydrogens is 344 g/mol. The zero-order valence-corrected chi connectivity index (χ0v) is 15.0. The number of esters is 1. The molecule has 0 aliphatic carbocycles. The van der Waals surface area contributed by atoms with Gasteiger partial charge in [-0.25, -0.2) is 4.79 Å². The Morgan fingerprint density at radius 1 is 1.04 bits per heavy atom. The van der Waals surface area contributed by atoms with Gasteiger partial charge >= 0.3 is 5.97 Å². The van der Waals surface area contributed by atoms with Crippen molar-refractivity contribution >= 4 is 22.3 Å². The summed E-state index contributed by atoms with van der Waals surface area (Å²) in [5.41, 5.74) is 2.34. The third-order valence-corrected chi connectivity index (χ3v) is 4.72. The number of phenolic OH excluding ortho intramolecular Hbond substituents is 1. The Morgan fingerprint density at radius 3 is 2.41 bits per heavy atom. The van der Waals surface area contributed by atoms with Crippen LogP contribution in [0.4, 0.5) is 0 Å². The summed E-state index contributed by atoms with van der Waals surface area (Å²) in [6.07, 6.45) is 1.89. The molecule has 27 heavy (non-hydrogen) atoms. The van der Waals surface area contributed by atoms with Gasteiger partial charge in [-0.3, -0.25) is 0 Å². The molecule has 0 saturated heterocycles. The monoisotopic (exact) mass is 362 g/mol. The average molecular weight is 362 g/mol. The van der Waals surface area contributed by atoms with E-state index in [0.29, 0.717) is 23.3 Å². The lowest BCUT2D eigenvalue weighted by molar-refractivity contribution is 0.0597. The number of carbonyl (C=O) groups is 1. The lowest BCUT2D eigenvalue weighted by atomic mass is 9.88. The average Bonchev–Trinajstić information content (AvgIpc) is 2.73. The van der Waals surface area contributed by atoms with Gasteiger partial charge in [-0.2, -0.15) is 0 Å². The fourth-order valence-corrected chi connectivity index (χ4v) is 3.44. The zero-order chi connectivity index (χ0) is 19.0. The third-order valence-electron chi connectivity index (χ3n) is 4.72. The first-order chi connectivity index (χ1) is 13.2. The van der Waals surface area contributed by atoms with Crippen molar-refractivity contribution in [3.63, 3.8) is 0 Å². The van der Waals surface area contributed by atoms with Gasteiger partial charge < -0.3 is 19.3 Å². The fourth-order valence-electron chi connectivity index (χ4n) is 3.44. The highest BCUT2D eigenvalue weighted by Crippen LogP contribution is 2.46. The topological polar surface area (TPSA) is 65.0 Å². The molecule has 3 aromatic rings. The molecule has 0 atom stereocenters. The Hall–Kier alpha value is -3.47. The summed E-state index contributed by atoms with van der Waals surface area (Å²) in [7, 11) is 2.90.